The summed E-state index contributed by atoms with van der Waals surface area (Å²) in [5.41, 5.74) is 0. The third-order valence-corrected chi connectivity index (χ3v) is 4.19. The Morgan fingerprint density at radius 1 is 1.29 bits per heavy atom. The van der Waals surface area contributed by atoms with E-state index in [2.05, 4.69) is 22.9 Å². The number of hydrogen-bond donors (Lipinski definition) is 3. The molecule has 0 aromatic rings. The van der Waals surface area contributed by atoms with Crippen LogP contribution in [-0.2, 0) is 4.79 Å². The van der Waals surface area contributed by atoms with Crippen molar-refractivity contribution >= 4 is 5.91 Å². The summed E-state index contributed by atoms with van der Waals surface area (Å²) in [7, 11) is 0. The molecule has 98 valence electrons. The van der Waals surface area contributed by atoms with Crippen molar-refractivity contribution in [2.24, 2.45) is 11.8 Å². The minimum absolute atomic E-state index is 0.0392. The van der Waals surface area contributed by atoms with Crippen molar-refractivity contribution in [2.45, 2.75) is 38.6 Å². The van der Waals surface area contributed by atoms with Crippen LogP contribution in [0.1, 0.15) is 32.6 Å². The van der Waals surface area contributed by atoms with Crippen molar-refractivity contribution in [3.05, 3.63) is 0 Å². The van der Waals surface area contributed by atoms with Gasteiger partial charge in [-0.1, -0.05) is 26.2 Å². The van der Waals surface area contributed by atoms with Crippen LogP contribution in [0.2, 0.25) is 0 Å². The quantitative estimate of drug-likeness (QED) is 0.672. The molecule has 2 rings (SSSR count). The molecule has 4 nitrogen and oxygen atoms in total. The zero-order valence-corrected chi connectivity index (χ0v) is 10.8. The first kappa shape index (κ1) is 12.8. The van der Waals surface area contributed by atoms with E-state index in [0.717, 1.165) is 32.1 Å². The van der Waals surface area contributed by atoms with Crippen molar-refractivity contribution in [3.8, 4) is 0 Å². The second-order valence-corrected chi connectivity index (χ2v) is 5.48. The smallest absolute Gasteiger partial charge is 0.238 e. The molecule has 0 aromatic heterocycles. The van der Waals surface area contributed by atoms with E-state index in [9.17, 15) is 4.79 Å². The van der Waals surface area contributed by atoms with Crippen LogP contribution in [0.25, 0.3) is 0 Å². The van der Waals surface area contributed by atoms with E-state index in [1.54, 1.807) is 0 Å². The molecule has 17 heavy (non-hydrogen) atoms. The first-order valence-electron chi connectivity index (χ1n) is 6.99. The van der Waals surface area contributed by atoms with Gasteiger partial charge in [0.05, 0.1) is 6.04 Å². The van der Waals surface area contributed by atoms with Crippen LogP contribution in [0.4, 0.5) is 0 Å². The Morgan fingerprint density at radius 3 is 2.82 bits per heavy atom. The zero-order chi connectivity index (χ0) is 12.1. The summed E-state index contributed by atoms with van der Waals surface area (Å²) in [4.78, 5) is 11.9. The van der Waals surface area contributed by atoms with Crippen LogP contribution in [0, 0.1) is 11.8 Å². The maximum Gasteiger partial charge on any atom is 0.238 e. The van der Waals surface area contributed by atoms with Crippen LogP contribution >= 0.6 is 0 Å². The number of piperazine rings is 1. The predicted molar refractivity (Wildman–Crippen MR) is 68.8 cm³/mol. The van der Waals surface area contributed by atoms with Gasteiger partial charge >= 0.3 is 0 Å². The normalized spacial score (nSPS) is 34.3. The molecule has 3 atom stereocenters. The van der Waals surface area contributed by atoms with Gasteiger partial charge in [0, 0.05) is 26.2 Å². The second kappa shape index (κ2) is 6.36. The first-order chi connectivity index (χ1) is 8.27. The van der Waals surface area contributed by atoms with Gasteiger partial charge in [-0.2, -0.15) is 0 Å². The van der Waals surface area contributed by atoms with Gasteiger partial charge in [-0.15, -0.1) is 0 Å². The van der Waals surface area contributed by atoms with E-state index in [0.29, 0.717) is 5.92 Å². The van der Waals surface area contributed by atoms with Gasteiger partial charge in [-0.25, -0.2) is 0 Å². The van der Waals surface area contributed by atoms with Gasteiger partial charge in [0.25, 0.3) is 0 Å². The van der Waals surface area contributed by atoms with Crippen LogP contribution in [-0.4, -0.2) is 38.1 Å². The highest BCUT2D eigenvalue weighted by molar-refractivity contribution is 5.82. The molecule has 3 unspecified atom stereocenters. The summed E-state index contributed by atoms with van der Waals surface area (Å²) in [6.07, 6.45) is 5.29. The number of carbonyl (C=O) groups is 1. The van der Waals surface area contributed by atoms with Crippen molar-refractivity contribution in [3.63, 3.8) is 0 Å². The molecule has 2 fully saturated rings. The lowest BCUT2D eigenvalue weighted by Crippen LogP contribution is -2.56. The van der Waals surface area contributed by atoms with E-state index >= 15 is 0 Å². The molecule has 1 saturated heterocycles. The van der Waals surface area contributed by atoms with Crippen LogP contribution < -0.4 is 16.0 Å². The van der Waals surface area contributed by atoms with Crippen LogP contribution in [0.5, 0.6) is 0 Å². The standard InChI is InChI=1S/C13H25N3O/c1-10-4-2-3-5-11(10)8-16-13(17)12-9-14-6-7-15-12/h10-12,14-15H,2-9H2,1H3,(H,16,17). The minimum Gasteiger partial charge on any atom is -0.354 e. The third-order valence-electron chi connectivity index (χ3n) is 4.19. The van der Waals surface area contributed by atoms with Crippen LogP contribution in [0.3, 0.4) is 0 Å². The van der Waals surface area contributed by atoms with Gasteiger partial charge in [-0.05, 0) is 18.3 Å². The van der Waals surface area contributed by atoms with Gasteiger partial charge in [-0.3, -0.25) is 4.79 Å². The number of rotatable bonds is 3. The minimum atomic E-state index is -0.0392. The largest absolute Gasteiger partial charge is 0.354 e. The average molecular weight is 239 g/mol. The molecule has 1 aliphatic heterocycles. The molecule has 1 heterocycles. The fourth-order valence-electron chi connectivity index (χ4n) is 2.89. The summed E-state index contributed by atoms with van der Waals surface area (Å²) >= 11 is 0. The Bertz CT molecular complexity index is 251. The summed E-state index contributed by atoms with van der Waals surface area (Å²) in [5, 5.41) is 9.59. The second-order valence-electron chi connectivity index (χ2n) is 5.48. The summed E-state index contributed by atoms with van der Waals surface area (Å²) < 4.78 is 0. The summed E-state index contributed by atoms with van der Waals surface area (Å²) in [5.74, 6) is 1.61. The summed E-state index contributed by atoms with van der Waals surface area (Å²) in [6.45, 7) is 5.78. The Morgan fingerprint density at radius 2 is 2.12 bits per heavy atom. The lowest BCUT2D eigenvalue weighted by Gasteiger charge is -2.30. The molecule has 1 amide bonds. The molecule has 4 heteroatoms. The molecule has 0 aromatic carbocycles. The van der Waals surface area contributed by atoms with Crippen molar-refractivity contribution in [2.75, 3.05) is 26.2 Å². The Kier molecular flexibility index (Phi) is 4.80. The highest BCUT2D eigenvalue weighted by Crippen LogP contribution is 2.28. The monoisotopic (exact) mass is 239 g/mol. The molecule has 1 aliphatic carbocycles. The molecule has 3 N–H and O–H groups in total. The lowest BCUT2D eigenvalue weighted by atomic mass is 9.80. The zero-order valence-electron chi connectivity index (χ0n) is 10.8. The number of amides is 1. The number of nitrogens with one attached hydrogen (secondary N) is 3. The number of carbonyl (C=O) groups excluding carboxylic acids is 1. The highest BCUT2D eigenvalue weighted by Gasteiger charge is 2.24. The Labute approximate surface area is 104 Å². The maximum atomic E-state index is 11.9. The molecular formula is C13H25N3O. The fraction of sp³-hybridized carbons (Fsp3) is 0.923. The molecule has 0 radical (unpaired) electrons. The van der Waals surface area contributed by atoms with Gasteiger partial charge in [0.1, 0.15) is 0 Å². The molecule has 0 bridgehead atoms. The molecule has 1 saturated carbocycles. The summed E-state index contributed by atoms with van der Waals surface area (Å²) in [6, 6.07) is -0.0392. The van der Waals surface area contributed by atoms with Crippen molar-refractivity contribution in [1.29, 1.82) is 0 Å². The fourth-order valence-corrected chi connectivity index (χ4v) is 2.89. The SMILES string of the molecule is CC1CCCCC1CNC(=O)C1CNCCN1. The Hall–Kier alpha value is -0.610. The molecular weight excluding hydrogens is 214 g/mol. The van der Waals surface area contributed by atoms with Gasteiger partial charge in [0.2, 0.25) is 5.91 Å². The average Bonchev–Trinajstić information content (AvgIpc) is 2.38. The Balaban J connectivity index is 1.71. The lowest BCUT2D eigenvalue weighted by molar-refractivity contribution is -0.123. The third kappa shape index (κ3) is 3.68. The van der Waals surface area contributed by atoms with E-state index < -0.39 is 0 Å². The van der Waals surface area contributed by atoms with Gasteiger partial charge in [0.15, 0.2) is 0 Å². The predicted octanol–water partition coefficient (Wildman–Crippen LogP) is 0.490. The van der Waals surface area contributed by atoms with Crippen LogP contribution in [0.15, 0.2) is 0 Å². The first-order valence-corrected chi connectivity index (χ1v) is 6.99. The molecule has 0 spiro atoms. The van der Waals surface area contributed by atoms with E-state index in [4.69, 9.17) is 0 Å². The maximum absolute atomic E-state index is 11.9. The number of hydrogen-bond acceptors (Lipinski definition) is 3. The topological polar surface area (TPSA) is 53.2 Å². The molecule has 2 aliphatic rings. The van der Waals surface area contributed by atoms with Crippen molar-refractivity contribution in [1.82, 2.24) is 16.0 Å². The van der Waals surface area contributed by atoms with Gasteiger partial charge < -0.3 is 16.0 Å². The van der Waals surface area contributed by atoms with Crippen molar-refractivity contribution < 1.29 is 4.79 Å². The van der Waals surface area contributed by atoms with E-state index in [1.807, 2.05) is 0 Å². The highest BCUT2D eigenvalue weighted by atomic mass is 16.2. The van der Waals surface area contributed by atoms with E-state index in [-0.39, 0.29) is 11.9 Å². The van der Waals surface area contributed by atoms with E-state index in [1.165, 1.54) is 25.7 Å².